The van der Waals surface area contributed by atoms with Crippen molar-refractivity contribution in [2.24, 2.45) is 34.5 Å². The van der Waals surface area contributed by atoms with Gasteiger partial charge in [0.05, 0.1) is 6.10 Å². The summed E-state index contributed by atoms with van der Waals surface area (Å²) in [4.78, 5) is 0. The molecule has 0 aliphatic heterocycles. The fraction of sp³-hybridized carbons (Fsp3) is 0.714. The second-order valence-corrected chi connectivity index (χ2v) is 8.70. The first-order valence-electron chi connectivity index (χ1n) is 9.20. The number of aliphatic hydroxyl groups is 1. The lowest BCUT2D eigenvalue weighted by atomic mass is 9.48. The molecule has 0 bridgehead atoms. The Balaban J connectivity index is 1.68. The average Bonchev–Trinajstić information content (AvgIpc) is 2.84. The van der Waals surface area contributed by atoms with Crippen LogP contribution in [-0.4, -0.2) is 11.2 Å². The molecule has 0 aromatic carbocycles. The Bertz CT molecular complexity index is 544. The number of hydrogen-bond acceptors (Lipinski definition) is 1. The van der Waals surface area contributed by atoms with Crippen LogP contribution < -0.4 is 0 Å². The number of hydrogen-bond donors (Lipinski definition) is 1. The molecule has 4 rings (SSSR count). The minimum Gasteiger partial charge on any atom is -0.385 e. The van der Waals surface area contributed by atoms with E-state index in [1.54, 1.807) is 0 Å². The summed E-state index contributed by atoms with van der Waals surface area (Å²) in [5, 5.41) is 9.94. The highest BCUT2D eigenvalue weighted by molar-refractivity contribution is 5.33. The van der Waals surface area contributed by atoms with Gasteiger partial charge in [0.15, 0.2) is 0 Å². The fourth-order valence-corrected chi connectivity index (χ4v) is 6.75. The van der Waals surface area contributed by atoms with Gasteiger partial charge in [-0.3, -0.25) is 0 Å². The van der Waals surface area contributed by atoms with Crippen LogP contribution in [0.2, 0.25) is 0 Å². The van der Waals surface area contributed by atoms with Crippen LogP contribution in [0.25, 0.3) is 0 Å². The van der Waals surface area contributed by atoms with Gasteiger partial charge in [0, 0.05) is 5.41 Å². The average molecular weight is 298 g/mol. The van der Waals surface area contributed by atoms with Crippen LogP contribution in [0.4, 0.5) is 0 Å². The Kier molecular flexibility index (Phi) is 3.24. The minimum atomic E-state index is -0.356. The van der Waals surface area contributed by atoms with E-state index in [0.29, 0.717) is 5.41 Å². The van der Waals surface area contributed by atoms with Crippen LogP contribution in [0.1, 0.15) is 52.4 Å². The third-order valence-corrected chi connectivity index (χ3v) is 8.02. The van der Waals surface area contributed by atoms with Gasteiger partial charge in [-0.25, -0.2) is 0 Å². The lowest BCUT2D eigenvalue weighted by molar-refractivity contribution is -0.0272. The van der Waals surface area contributed by atoms with E-state index in [2.05, 4.69) is 38.7 Å². The molecule has 0 aromatic heterocycles. The van der Waals surface area contributed by atoms with Crippen molar-refractivity contribution in [2.75, 3.05) is 0 Å². The van der Waals surface area contributed by atoms with E-state index in [0.717, 1.165) is 23.7 Å². The van der Waals surface area contributed by atoms with E-state index < -0.39 is 0 Å². The SMILES string of the molecule is C=CC1CCC2C3CCC4=C[C@@H](O)C=C[C@]4(C)C3CC[C@]12C. The molecule has 3 saturated carbocycles. The first kappa shape index (κ1) is 14.8. The summed E-state index contributed by atoms with van der Waals surface area (Å²) < 4.78 is 0. The van der Waals surface area contributed by atoms with E-state index in [1.165, 1.54) is 44.1 Å². The molecule has 7 atom stereocenters. The summed E-state index contributed by atoms with van der Waals surface area (Å²) in [5.74, 6) is 3.25. The van der Waals surface area contributed by atoms with Crippen molar-refractivity contribution < 1.29 is 5.11 Å². The van der Waals surface area contributed by atoms with E-state index in [1.807, 2.05) is 6.08 Å². The normalized spacial score (nSPS) is 53.2. The van der Waals surface area contributed by atoms with Crippen LogP contribution in [0.15, 0.2) is 36.5 Å². The molecule has 120 valence electrons. The van der Waals surface area contributed by atoms with Crippen LogP contribution in [0.5, 0.6) is 0 Å². The highest BCUT2D eigenvalue weighted by Crippen LogP contribution is 2.66. The topological polar surface area (TPSA) is 20.2 Å². The summed E-state index contributed by atoms with van der Waals surface area (Å²) in [6, 6.07) is 0. The molecule has 0 radical (unpaired) electrons. The smallest absolute Gasteiger partial charge is 0.0905 e. The van der Waals surface area contributed by atoms with Gasteiger partial charge in [0.2, 0.25) is 0 Å². The zero-order valence-electron chi connectivity index (χ0n) is 14.1. The summed E-state index contributed by atoms with van der Waals surface area (Å²) >= 11 is 0. The van der Waals surface area contributed by atoms with Crippen LogP contribution in [-0.2, 0) is 0 Å². The molecule has 4 unspecified atom stereocenters. The van der Waals surface area contributed by atoms with Gasteiger partial charge >= 0.3 is 0 Å². The third kappa shape index (κ3) is 1.81. The molecule has 1 heteroatoms. The Labute approximate surface area is 135 Å². The van der Waals surface area contributed by atoms with Gasteiger partial charge in [0.25, 0.3) is 0 Å². The van der Waals surface area contributed by atoms with Crippen molar-refractivity contribution in [2.45, 2.75) is 58.5 Å². The minimum absolute atomic E-state index is 0.204. The maximum absolute atomic E-state index is 9.94. The molecule has 4 aliphatic rings. The van der Waals surface area contributed by atoms with Gasteiger partial charge < -0.3 is 5.11 Å². The quantitative estimate of drug-likeness (QED) is 0.683. The molecule has 4 aliphatic carbocycles. The number of rotatable bonds is 1. The maximum atomic E-state index is 9.94. The van der Waals surface area contributed by atoms with Gasteiger partial charge in [-0.15, -0.1) is 6.58 Å². The molecule has 1 nitrogen and oxygen atoms in total. The Morgan fingerprint density at radius 3 is 2.77 bits per heavy atom. The maximum Gasteiger partial charge on any atom is 0.0905 e. The molecular weight excluding hydrogens is 268 g/mol. The third-order valence-electron chi connectivity index (χ3n) is 8.02. The van der Waals surface area contributed by atoms with Crippen molar-refractivity contribution >= 4 is 0 Å². The Hall–Kier alpha value is -0.820. The number of allylic oxidation sites excluding steroid dienone is 3. The standard InChI is InChI=1S/C21H30O/c1-4-14-6-8-18-17-7-5-15-13-16(22)9-11-21(15,3)19(17)10-12-20(14,18)2/h4,9,11,13-14,16-19,22H,1,5-8,10,12H2,2-3H3/t14?,16-,17?,18?,19?,20+,21-/m0/s1. The fourth-order valence-electron chi connectivity index (χ4n) is 6.75. The summed E-state index contributed by atoms with van der Waals surface area (Å²) in [5.41, 5.74) is 2.21. The zero-order chi connectivity index (χ0) is 15.5. The first-order valence-corrected chi connectivity index (χ1v) is 9.20. The van der Waals surface area contributed by atoms with E-state index >= 15 is 0 Å². The molecule has 0 amide bonds. The molecule has 1 N–H and O–H groups in total. The lowest BCUT2D eigenvalue weighted by Crippen LogP contribution is -2.49. The Morgan fingerprint density at radius 1 is 1.18 bits per heavy atom. The monoisotopic (exact) mass is 298 g/mol. The second kappa shape index (κ2) is 4.84. The first-order chi connectivity index (χ1) is 10.5. The van der Waals surface area contributed by atoms with Gasteiger partial charge in [0.1, 0.15) is 0 Å². The van der Waals surface area contributed by atoms with Gasteiger partial charge in [-0.2, -0.15) is 0 Å². The lowest BCUT2D eigenvalue weighted by Gasteiger charge is -2.57. The van der Waals surface area contributed by atoms with Crippen molar-refractivity contribution in [1.82, 2.24) is 0 Å². The van der Waals surface area contributed by atoms with Gasteiger partial charge in [-0.05, 0) is 67.6 Å². The van der Waals surface area contributed by atoms with Crippen LogP contribution in [0, 0.1) is 34.5 Å². The summed E-state index contributed by atoms with van der Waals surface area (Å²) in [6.07, 6.45) is 16.3. The van der Waals surface area contributed by atoms with E-state index in [9.17, 15) is 5.11 Å². The molecule has 3 fully saturated rings. The highest BCUT2D eigenvalue weighted by Gasteiger charge is 2.57. The van der Waals surface area contributed by atoms with Crippen molar-refractivity contribution in [1.29, 1.82) is 0 Å². The summed E-state index contributed by atoms with van der Waals surface area (Å²) in [7, 11) is 0. The largest absolute Gasteiger partial charge is 0.385 e. The van der Waals surface area contributed by atoms with Gasteiger partial charge in [-0.1, -0.05) is 43.7 Å². The van der Waals surface area contributed by atoms with Crippen molar-refractivity contribution in [3.63, 3.8) is 0 Å². The second-order valence-electron chi connectivity index (χ2n) is 8.70. The molecule has 22 heavy (non-hydrogen) atoms. The molecule has 0 spiro atoms. The summed E-state index contributed by atoms with van der Waals surface area (Å²) in [6.45, 7) is 9.10. The van der Waals surface area contributed by atoms with Crippen molar-refractivity contribution in [3.8, 4) is 0 Å². The predicted molar refractivity (Wildman–Crippen MR) is 91.3 cm³/mol. The van der Waals surface area contributed by atoms with Crippen molar-refractivity contribution in [3.05, 3.63) is 36.5 Å². The van der Waals surface area contributed by atoms with E-state index in [-0.39, 0.29) is 11.5 Å². The van der Waals surface area contributed by atoms with Crippen LogP contribution >= 0.6 is 0 Å². The van der Waals surface area contributed by atoms with E-state index in [4.69, 9.17) is 0 Å². The Morgan fingerprint density at radius 2 is 2.00 bits per heavy atom. The zero-order valence-corrected chi connectivity index (χ0v) is 14.1. The number of fused-ring (bicyclic) bond motifs is 5. The number of aliphatic hydroxyl groups excluding tert-OH is 1. The molecular formula is C21H30O. The highest BCUT2D eigenvalue weighted by atomic mass is 16.3. The predicted octanol–water partition coefficient (Wildman–Crippen LogP) is 4.89. The molecule has 0 aromatic rings. The molecule has 0 heterocycles. The van der Waals surface area contributed by atoms with Crippen LogP contribution in [0.3, 0.4) is 0 Å². The molecule has 0 saturated heterocycles.